The van der Waals surface area contributed by atoms with E-state index in [1.807, 2.05) is 43.1 Å². The number of hydrogen-bond acceptors (Lipinski definition) is 3. The number of hydrogen-bond donors (Lipinski definition) is 1. The van der Waals surface area contributed by atoms with Gasteiger partial charge in [0, 0.05) is 39.1 Å². The van der Waals surface area contributed by atoms with Gasteiger partial charge in [0.15, 0.2) is 0 Å². The fourth-order valence-corrected chi connectivity index (χ4v) is 2.20. The van der Waals surface area contributed by atoms with Crippen LogP contribution in [0.2, 0.25) is 0 Å². The normalized spacial score (nSPS) is 10.8. The molecule has 2 rings (SSSR count). The maximum absolute atomic E-state index is 12.6. The molecule has 0 aliphatic heterocycles. The molecule has 0 aromatic carbocycles. The van der Waals surface area contributed by atoms with Gasteiger partial charge in [-0.3, -0.25) is 9.48 Å². The maximum Gasteiger partial charge on any atom is 0.259 e. The predicted molar refractivity (Wildman–Crippen MR) is 75.8 cm³/mol. The van der Waals surface area contributed by atoms with Crippen LogP contribution in [0, 0.1) is 0 Å². The number of aliphatic hydroxyl groups excluding tert-OH is 1. The van der Waals surface area contributed by atoms with Gasteiger partial charge in [-0.1, -0.05) is 0 Å². The number of carbonyl (C=O) groups is 1. The van der Waals surface area contributed by atoms with Crippen LogP contribution in [0.3, 0.4) is 0 Å². The van der Waals surface area contributed by atoms with Crippen molar-refractivity contribution in [2.24, 2.45) is 7.05 Å². The van der Waals surface area contributed by atoms with Crippen LogP contribution < -0.4 is 0 Å². The Balaban J connectivity index is 2.31. The average Bonchev–Trinajstić information content (AvgIpc) is 3.08. The molecule has 6 heteroatoms. The van der Waals surface area contributed by atoms with Crippen molar-refractivity contribution in [3.8, 4) is 5.82 Å². The SMILES string of the molecule is CCN(CCCO)C(=O)c1cnn(C)c1-n1cccc1. The highest BCUT2D eigenvalue weighted by molar-refractivity contribution is 5.97. The topological polar surface area (TPSA) is 63.3 Å². The van der Waals surface area contributed by atoms with Gasteiger partial charge in [-0.05, 0) is 25.5 Å². The van der Waals surface area contributed by atoms with Crippen molar-refractivity contribution in [1.82, 2.24) is 19.2 Å². The lowest BCUT2D eigenvalue weighted by Gasteiger charge is -2.20. The largest absolute Gasteiger partial charge is 0.396 e. The minimum absolute atomic E-state index is 0.0576. The van der Waals surface area contributed by atoms with Crippen LogP contribution in [0.5, 0.6) is 0 Å². The van der Waals surface area contributed by atoms with Gasteiger partial charge in [-0.2, -0.15) is 5.10 Å². The van der Waals surface area contributed by atoms with Crippen molar-refractivity contribution < 1.29 is 9.90 Å². The van der Waals surface area contributed by atoms with Gasteiger partial charge >= 0.3 is 0 Å². The van der Waals surface area contributed by atoms with Gasteiger partial charge in [0.1, 0.15) is 11.4 Å². The van der Waals surface area contributed by atoms with E-state index in [-0.39, 0.29) is 12.5 Å². The summed E-state index contributed by atoms with van der Waals surface area (Å²) in [6.07, 6.45) is 5.95. The lowest BCUT2D eigenvalue weighted by atomic mass is 10.2. The molecular weight excluding hydrogens is 256 g/mol. The second-order valence-electron chi connectivity index (χ2n) is 4.56. The molecule has 20 heavy (non-hydrogen) atoms. The zero-order valence-corrected chi connectivity index (χ0v) is 11.9. The van der Waals surface area contributed by atoms with E-state index < -0.39 is 0 Å². The standard InChI is InChI=1S/C14H20N4O2/c1-3-17(9-6-10-19)14(20)12-11-15-16(2)13(12)18-7-4-5-8-18/h4-5,7-8,11,19H,3,6,9-10H2,1-2H3. The number of aliphatic hydroxyl groups is 1. The fourth-order valence-electron chi connectivity index (χ4n) is 2.20. The molecule has 2 aromatic rings. The Morgan fingerprint density at radius 1 is 1.40 bits per heavy atom. The van der Waals surface area contributed by atoms with Crippen molar-refractivity contribution in [1.29, 1.82) is 0 Å². The van der Waals surface area contributed by atoms with E-state index in [0.29, 0.717) is 25.1 Å². The van der Waals surface area contributed by atoms with Gasteiger partial charge in [-0.25, -0.2) is 0 Å². The van der Waals surface area contributed by atoms with E-state index in [0.717, 1.165) is 5.82 Å². The van der Waals surface area contributed by atoms with Crippen LogP contribution in [-0.2, 0) is 7.05 Å². The Morgan fingerprint density at radius 2 is 2.10 bits per heavy atom. The van der Waals surface area contributed by atoms with Crippen LogP contribution in [0.25, 0.3) is 5.82 Å². The highest BCUT2D eigenvalue weighted by atomic mass is 16.3. The van der Waals surface area contributed by atoms with Crippen LogP contribution in [-0.4, -0.2) is 50.0 Å². The summed E-state index contributed by atoms with van der Waals surface area (Å²) < 4.78 is 3.56. The van der Waals surface area contributed by atoms with E-state index in [9.17, 15) is 4.79 Å². The van der Waals surface area contributed by atoms with E-state index in [1.165, 1.54) is 0 Å². The van der Waals surface area contributed by atoms with E-state index in [4.69, 9.17) is 5.11 Å². The van der Waals surface area contributed by atoms with Gasteiger partial charge in [0.2, 0.25) is 0 Å². The Bertz CT molecular complexity index is 560. The van der Waals surface area contributed by atoms with Gasteiger partial charge < -0.3 is 14.6 Å². The highest BCUT2D eigenvalue weighted by Gasteiger charge is 2.21. The van der Waals surface area contributed by atoms with Gasteiger partial charge in [0.05, 0.1) is 6.20 Å². The zero-order valence-electron chi connectivity index (χ0n) is 11.9. The van der Waals surface area contributed by atoms with Crippen LogP contribution in [0.4, 0.5) is 0 Å². The summed E-state index contributed by atoms with van der Waals surface area (Å²) in [7, 11) is 1.82. The molecule has 0 radical (unpaired) electrons. The van der Waals surface area contributed by atoms with Crippen molar-refractivity contribution in [2.45, 2.75) is 13.3 Å². The molecule has 1 N–H and O–H groups in total. The van der Waals surface area contributed by atoms with Crippen LogP contribution in [0.15, 0.2) is 30.7 Å². The molecule has 0 aliphatic carbocycles. The monoisotopic (exact) mass is 276 g/mol. The third-order valence-electron chi connectivity index (χ3n) is 3.24. The van der Waals surface area contributed by atoms with Crippen molar-refractivity contribution in [2.75, 3.05) is 19.7 Å². The lowest BCUT2D eigenvalue weighted by molar-refractivity contribution is 0.0754. The smallest absolute Gasteiger partial charge is 0.259 e. The first-order chi connectivity index (χ1) is 9.69. The van der Waals surface area contributed by atoms with Crippen molar-refractivity contribution >= 4 is 5.91 Å². The lowest BCUT2D eigenvalue weighted by Crippen LogP contribution is -2.32. The Hall–Kier alpha value is -2.08. The molecule has 0 fully saturated rings. The van der Waals surface area contributed by atoms with Gasteiger partial charge in [0.25, 0.3) is 5.91 Å². The number of nitrogens with zero attached hydrogens (tertiary/aromatic N) is 4. The summed E-state index contributed by atoms with van der Waals surface area (Å²) in [5.74, 6) is 0.695. The summed E-state index contributed by atoms with van der Waals surface area (Å²) in [6, 6.07) is 3.81. The van der Waals surface area contributed by atoms with E-state index in [2.05, 4.69) is 5.10 Å². The molecule has 2 heterocycles. The predicted octanol–water partition coefficient (Wildman–Crippen LogP) is 1.06. The minimum Gasteiger partial charge on any atom is -0.396 e. The van der Waals surface area contributed by atoms with E-state index in [1.54, 1.807) is 15.8 Å². The summed E-state index contributed by atoms with van der Waals surface area (Å²) in [5.41, 5.74) is 0.573. The first-order valence-electron chi connectivity index (χ1n) is 6.74. The van der Waals surface area contributed by atoms with Gasteiger partial charge in [-0.15, -0.1) is 0 Å². The minimum atomic E-state index is -0.0576. The van der Waals surface area contributed by atoms with Crippen LogP contribution >= 0.6 is 0 Å². The molecule has 0 bridgehead atoms. The highest BCUT2D eigenvalue weighted by Crippen LogP contribution is 2.16. The van der Waals surface area contributed by atoms with Crippen LogP contribution in [0.1, 0.15) is 23.7 Å². The molecular formula is C14H20N4O2. The third-order valence-corrected chi connectivity index (χ3v) is 3.24. The second-order valence-corrected chi connectivity index (χ2v) is 4.56. The molecule has 0 atom stereocenters. The molecule has 0 aliphatic rings. The number of aromatic nitrogens is 3. The zero-order chi connectivity index (χ0) is 14.5. The molecule has 0 spiro atoms. The number of aryl methyl sites for hydroxylation is 1. The summed E-state index contributed by atoms with van der Waals surface area (Å²) >= 11 is 0. The quantitative estimate of drug-likeness (QED) is 0.858. The second kappa shape index (κ2) is 6.38. The third kappa shape index (κ3) is 2.75. The molecule has 108 valence electrons. The molecule has 2 aromatic heterocycles. The summed E-state index contributed by atoms with van der Waals surface area (Å²) in [4.78, 5) is 14.3. The fraction of sp³-hybridized carbons (Fsp3) is 0.429. The summed E-state index contributed by atoms with van der Waals surface area (Å²) in [6.45, 7) is 3.17. The first-order valence-corrected chi connectivity index (χ1v) is 6.74. The van der Waals surface area contributed by atoms with E-state index >= 15 is 0 Å². The van der Waals surface area contributed by atoms with Crippen molar-refractivity contribution in [3.63, 3.8) is 0 Å². The number of carbonyl (C=O) groups excluding carboxylic acids is 1. The molecule has 6 nitrogen and oxygen atoms in total. The summed E-state index contributed by atoms with van der Waals surface area (Å²) in [5, 5.41) is 13.1. The Morgan fingerprint density at radius 3 is 2.70 bits per heavy atom. The molecule has 0 saturated heterocycles. The Labute approximate surface area is 118 Å². The molecule has 1 amide bonds. The average molecular weight is 276 g/mol. The van der Waals surface area contributed by atoms with Crippen molar-refractivity contribution in [3.05, 3.63) is 36.3 Å². The molecule has 0 unspecified atom stereocenters. The number of amides is 1. The first kappa shape index (κ1) is 14.3. The Kier molecular flexibility index (Phi) is 4.57. The maximum atomic E-state index is 12.6. The number of rotatable bonds is 6. The molecule has 0 saturated carbocycles.